The number of hydrogen-bond acceptors (Lipinski definition) is 2. The molecule has 0 fully saturated rings. The molecule has 0 spiro atoms. The number of anilines is 1. The van der Waals surface area contributed by atoms with Gasteiger partial charge in [0.15, 0.2) is 25.8 Å². The van der Waals surface area contributed by atoms with E-state index in [1.807, 2.05) is 27.7 Å². The molecule has 0 bridgehead atoms. The van der Waals surface area contributed by atoms with Crippen molar-refractivity contribution in [1.29, 1.82) is 0 Å². The number of urea groups is 1. The zero-order chi connectivity index (χ0) is 20.2. The lowest BCUT2D eigenvalue weighted by molar-refractivity contribution is 0.0632. The summed E-state index contributed by atoms with van der Waals surface area (Å²) in [4.78, 5) is 22.4. The molecule has 0 heterocycles. The molecule has 0 unspecified atom stereocenters. The van der Waals surface area contributed by atoms with Gasteiger partial charge in [0, 0.05) is 0 Å². The average Bonchev–Trinajstić information content (AvgIpc) is 2.57. The third kappa shape index (κ3) is 4.73. The van der Waals surface area contributed by atoms with Crippen LogP contribution in [0.15, 0.2) is 12.1 Å². The topological polar surface area (TPSA) is 43.8 Å². The van der Waals surface area contributed by atoms with E-state index in [-0.39, 0.29) is 17.5 Å². The highest BCUT2D eigenvalue weighted by molar-refractivity contribution is 6.75. The van der Waals surface area contributed by atoms with E-state index < -0.39 is 54.3 Å². The molecule has 0 radical (unpaired) electrons. The highest BCUT2D eigenvalue weighted by Crippen LogP contribution is 2.34. The summed E-state index contributed by atoms with van der Waals surface area (Å²) in [7, 11) is -2.68. The summed E-state index contributed by atoms with van der Waals surface area (Å²) in [5.41, 5.74) is -1.20. The first-order chi connectivity index (χ1) is 11.9. The van der Waals surface area contributed by atoms with Gasteiger partial charge in [0.1, 0.15) is 5.69 Å². The van der Waals surface area contributed by atoms with Crippen molar-refractivity contribution in [2.45, 2.75) is 51.2 Å². The monoisotopic (exact) mass is 398 g/mol. The highest BCUT2D eigenvalue weighted by atomic mass is 28.4. The van der Waals surface area contributed by atoms with Gasteiger partial charge in [0.2, 0.25) is 0 Å². The number of amides is 2. The first kappa shape index (κ1) is 22.4. The molecule has 1 aromatic rings. The van der Waals surface area contributed by atoms with E-state index in [9.17, 15) is 31.7 Å². The maximum Gasteiger partial charge on any atom is 0.381 e. The number of nitrogens with zero attached hydrogens (tertiary/aromatic N) is 2. The third-order valence-electron chi connectivity index (χ3n) is 4.53. The zero-order valence-electron chi connectivity index (χ0n) is 15.1. The minimum Gasteiger partial charge on any atom is -0.431 e. The Morgan fingerprint density at radius 3 is 2.12 bits per heavy atom. The molecule has 2 amide bonds. The van der Waals surface area contributed by atoms with Crippen LogP contribution in [-0.4, -0.2) is 30.8 Å². The molecular weight excluding hydrogens is 375 g/mol. The number of halogens is 5. The molecule has 26 heavy (non-hydrogen) atoms. The van der Waals surface area contributed by atoms with Crippen LogP contribution < -0.4 is 5.12 Å². The van der Waals surface area contributed by atoms with Crippen molar-refractivity contribution in [1.82, 2.24) is 5.12 Å². The second kappa shape index (κ2) is 8.80. The van der Waals surface area contributed by atoms with E-state index in [4.69, 9.17) is 0 Å². The Morgan fingerprint density at radius 1 is 1.08 bits per heavy atom. The minimum atomic E-state index is -2.68. The fourth-order valence-corrected chi connectivity index (χ4v) is 5.92. The predicted octanol–water partition coefficient (Wildman–Crippen LogP) is 5.25. The summed E-state index contributed by atoms with van der Waals surface area (Å²) >= 11 is 0. The van der Waals surface area contributed by atoms with Crippen LogP contribution >= 0.6 is 0 Å². The molecule has 0 atom stereocenters. The van der Waals surface area contributed by atoms with Gasteiger partial charge in [0.25, 0.3) is 0 Å². The smallest absolute Gasteiger partial charge is 0.381 e. The Hall–Kier alpha value is -1.68. The van der Waals surface area contributed by atoms with E-state index in [2.05, 4.69) is 0 Å². The Kier molecular flexibility index (Phi) is 7.57. The average molecular weight is 398 g/mol. The van der Waals surface area contributed by atoms with Crippen LogP contribution in [0.4, 0.5) is 32.6 Å². The lowest BCUT2D eigenvalue weighted by Crippen LogP contribution is -2.42. The molecule has 10 heteroatoms. The summed E-state index contributed by atoms with van der Waals surface area (Å²) < 4.78 is 67.2. The van der Waals surface area contributed by atoms with Crippen molar-refractivity contribution < 1.29 is 31.7 Å². The summed E-state index contributed by atoms with van der Waals surface area (Å²) in [5.74, 6) is -5.46. The van der Waals surface area contributed by atoms with Gasteiger partial charge in [-0.1, -0.05) is 36.7 Å². The first-order valence-electron chi connectivity index (χ1n) is 8.22. The van der Waals surface area contributed by atoms with Crippen LogP contribution in [0, 0.1) is 17.5 Å². The molecule has 0 saturated heterocycles. The van der Waals surface area contributed by atoms with Crippen LogP contribution in [0.5, 0.6) is 0 Å². The molecule has 1 N–H and O–H groups in total. The van der Waals surface area contributed by atoms with Crippen molar-refractivity contribution in [2.24, 2.45) is 0 Å². The van der Waals surface area contributed by atoms with E-state index in [0.717, 1.165) is 0 Å². The van der Waals surface area contributed by atoms with Crippen LogP contribution in [0.1, 0.15) is 34.1 Å². The minimum absolute atomic E-state index is 0.0141. The fourth-order valence-electron chi connectivity index (χ4n) is 2.71. The van der Waals surface area contributed by atoms with Crippen molar-refractivity contribution >= 4 is 20.0 Å². The second-order valence-electron chi connectivity index (χ2n) is 6.75. The molecular formula is C16H23F5N2O2Si. The standard InChI is InChI=1S/C16H23F5N2O2Si/c1-10(2)26(25,11(3)4)9-5-8-22(20)16(24)23(21)13-7-6-12(17)14(18)15(13)19/h6-7,10-11,25H,5,8-9H2,1-4H3. The summed E-state index contributed by atoms with van der Waals surface area (Å²) in [6.07, 6.45) is 0.0788. The maximum absolute atomic E-state index is 13.9. The van der Waals surface area contributed by atoms with Crippen molar-refractivity contribution in [3.8, 4) is 0 Å². The molecule has 0 saturated carbocycles. The van der Waals surface area contributed by atoms with Crippen LogP contribution in [0.3, 0.4) is 0 Å². The molecule has 4 nitrogen and oxygen atoms in total. The number of carbonyl (C=O) groups is 1. The molecule has 1 aromatic carbocycles. The van der Waals surface area contributed by atoms with Gasteiger partial charge in [-0.05, 0) is 35.7 Å². The maximum atomic E-state index is 13.9. The van der Waals surface area contributed by atoms with Crippen LogP contribution in [0.25, 0.3) is 0 Å². The third-order valence-corrected chi connectivity index (χ3v) is 9.69. The van der Waals surface area contributed by atoms with Gasteiger partial charge in [-0.3, -0.25) is 0 Å². The summed E-state index contributed by atoms with van der Waals surface area (Å²) in [6, 6.07) is -0.660. The Labute approximate surface area is 150 Å². The quantitative estimate of drug-likeness (QED) is 0.295. The Morgan fingerprint density at radius 2 is 1.62 bits per heavy atom. The van der Waals surface area contributed by atoms with Gasteiger partial charge >= 0.3 is 6.03 Å². The van der Waals surface area contributed by atoms with Crippen LogP contribution in [0.2, 0.25) is 17.1 Å². The normalized spacial score (nSPS) is 12.0. The Balaban J connectivity index is 2.75. The lowest BCUT2D eigenvalue weighted by atomic mass is 10.3. The van der Waals surface area contributed by atoms with Gasteiger partial charge in [-0.2, -0.15) is 5.12 Å². The summed E-state index contributed by atoms with van der Waals surface area (Å²) in [5, 5.41) is -1.41. The van der Waals surface area contributed by atoms with Crippen molar-refractivity contribution in [2.75, 3.05) is 11.7 Å². The van der Waals surface area contributed by atoms with E-state index in [1.165, 1.54) is 0 Å². The van der Waals surface area contributed by atoms with Crippen molar-refractivity contribution in [3.05, 3.63) is 29.6 Å². The predicted molar refractivity (Wildman–Crippen MR) is 90.7 cm³/mol. The number of hydrogen-bond donors (Lipinski definition) is 1. The van der Waals surface area contributed by atoms with Gasteiger partial charge in [-0.15, -0.1) is 5.12 Å². The second-order valence-corrected chi connectivity index (χ2v) is 11.5. The van der Waals surface area contributed by atoms with Crippen LogP contribution in [-0.2, 0) is 0 Å². The van der Waals surface area contributed by atoms with Gasteiger partial charge in [0.05, 0.1) is 6.54 Å². The molecule has 0 aliphatic rings. The summed E-state index contributed by atoms with van der Waals surface area (Å²) in [6.45, 7) is 6.91. The zero-order valence-corrected chi connectivity index (χ0v) is 16.1. The van der Waals surface area contributed by atoms with E-state index in [0.29, 0.717) is 18.2 Å². The van der Waals surface area contributed by atoms with E-state index >= 15 is 0 Å². The molecule has 0 aliphatic carbocycles. The first-order valence-corrected chi connectivity index (χ1v) is 10.5. The fraction of sp³-hybridized carbons (Fsp3) is 0.562. The molecule has 0 aromatic heterocycles. The highest BCUT2D eigenvalue weighted by Gasteiger charge is 2.38. The lowest BCUT2D eigenvalue weighted by Gasteiger charge is -2.33. The SMILES string of the molecule is CC(C)[Si](O)(CCCN(F)C(=O)N(F)c1ccc(F)c(F)c1F)C(C)C. The van der Waals surface area contributed by atoms with Gasteiger partial charge < -0.3 is 4.80 Å². The number of benzene rings is 1. The number of rotatable bonds is 7. The molecule has 148 valence electrons. The van der Waals surface area contributed by atoms with Crippen molar-refractivity contribution in [3.63, 3.8) is 0 Å². The largest absolute Gasteiger partial charge is 0.431 e. The molecule has 0 aliphatic heterocycles. The Bertz CT molecular complexity index is 637. The number of carbonyl (C=O) groups excluding carboxylic acids is 1. The van der Waals surface area contributed by atoms with Gasteiger partial charge in [-0.25, -0.2) is 18.0 Å². The molecule has 1 rings (SSSR count). The van der Waals surface area contributed by atoms with E-state index in [1.54, 1.807) is 0 Å².